The lowest BCUT2D eigenvalue weighted by atomic mass is 9.97. The summed E-state index contributed by atoms with van der Waals surface area (Å²) in [5.74, 6) is 0.719. The van der Waals surface area contributed by atoms with Gasteiger partial charge in [0.1, 0.15) is 12.4 Å². The van der Waals surface area contributed by atoms with Crippen molar-refractivity contribution in [2.24, 2.45) is 0 Å². The Balaban J connectivity index is 2.14. The highest BCUT2D eigenvalue weighted by Crippen LogP contribution is 2.30. The third-order valence-corrected chi connectivity index (χ3v) is 4.32. The van der Waals surface area contributed by atoms with Crippen LogP contribution in [0.3, 0.4) is 0 Å². The number of nitrogens with zero attached hydrogens (tertiary/aromatic N) is 1. The van der Waals surface area contributed by atoms with E-state index in [0.717, 1.165) is 32.1 Å². The summed E-state index contributed by atoms with van der Waals surface area (Å²) in [5, 5.41) is 11.9. The van der Waals surface area contributed by atoms with E-state index in [1.165, 1.54) is 0 Å². The van der Waals surface area contributed by atoms with E-state index in [-0.39, 0.29) is 0 Å². The number of halogens is 1. The van der Waals surface area contributed by atoms with Crippen LogP contribution in [0.2, 0.25) is 0 Å². The Morgan fingerprint density at radius 1 is 1.12 bits per heavy atom. The number of nitriles is 1. The summed E-state index contributed by atoms with van der Waals surface area (Å²) < 4.78 is 6.65. The molecule has 0 N–H and O–H groups in total. The van der Waals surface area contributed by atoms with E-state index in [1.54, 1.807) is 6.08 Å². The van der Waals surface area contributed by atoms with Gasteiger partial charge in [0.25, 0.3) is 0 Å². The van der Waals surface area contributed by atoms with Gasteiger partial charge in [-0.15, -0.1) is 0 Å². The molecule has 0 atom stereocenters. The monoisotopic (exact) mass is 389 g/mol. The number of fused-ring (bicyclic) bond motifs is 1. The van der Waals surface area contributed by atoms with Crippen molar-refractivity contribution < 1.29 is 4.74 Å². The van der Waals surface area contributed by atoms with Gasteiger partial charge in [-0.1, -0.05) is 71.0 Å². The smallest absolute Gasteiger partial charge is 0.127 e. The first-order valence-electron chi connectivity index (χ1n) is 7.86. The molecule has 0 aliphatic carbocycles. The molecule has 0 heterocycles. The SMILES string of the molecule is C=CCOc1ccc(Br)cc1/C=C(/C#N)c1cccc2ccccc12. The van der Waals surface area contributed by atoms with Crippen LogP contribution in [0.5, 0.6) is 5.75 Å². The zero-order valence-electron chi connectivity index (χ0n) is 13.6. The topological polar surface area (TPSA) is 33.0 Å². The normalized spacial score (nSPS) is 11.1. The van der Waals surface area contributed by atoms with Gasteiger partial charge in [0.05, 0.1) is 11.6 Å². The van der Waals surface area contributed by atoms with E-state index in [9.17, 15) is 5.26 Å². The van der Waals surface area contributed by atoms with Crippen LogP contribution in [0.1, 0.15) is 11.1 Å². The number of hydrogen-bond acceptors (Lipinski definition) is 2. The highest BCUT2D eigenvalue weighted by atomic mass is 79.9. The summed E-state index contributed by atoms with van der Waals surface area (Å²) in [6.07, 6.45) is 3.57. The fourth-order valence-corrected chi connectivity index (χ4v) is 3.08. The van der Waals surface area contributed by atoms with E-state index in [1.807, 2.05) is 66.7 Å². The molecule has 0 saturated heterocycles. The van der Waals surface area contributed by atoms with Crippen LogP contribution in [0.25, 0.3) is 22.4 Å². The van der Waals surface area contributed by atoms with Gasteiger partial charge in [0.2, 0.25) is 0 Å². The zero-order valence-corrected chi connectivity index (χ0v) is 15.2. The summed E-state index contributed by atoms with van der Waals surface area (Å²) >= 11 is 3.48. The molecule has 0 bridgehead atoms. The second kappa shape index (κ2) is 7.83. The van der Waals surface area contributed by atoms with Crippen LogP contribution in [0.15, 0.2) is 77.8 Å². The predicted octanol–water partition coefficient (Wildman–Crippen LogP) is 6.23. The molecule has 122 valence electrons. The molecule has 3 rings (SSSR count). The molecule has 3 heteroatoms. The van der Waals surface area contributed by atoms with Crippen LogP contribution in [-0.2, 0) is 0 Å². The fourth-order valence-electron chi connectivity index (χ4n) is 2.70. The van der Waals surface area contributed by atoms with Crippen LogP contribution in [-0.4, -0.2) is 6.61 Å². The summed E-state index contributed by atoms with van der Waals surface area (Å²) in [6.45, 7) is 4.10. The second-order valence-electron chi connectivity index (χ2n) is 5.48. The Labute approximate surface area is 155 Å². The maximum Gasteiger partial charge on any atom is 0.127 e. The molecule has 0 aliphatic heterocycles. The Bertz CT molecular complexity index is 993. The van der Waals surface area contributed by atoms with Crippen molar-refractivity contribution in [1.29, 1.82) is 5.26 Å². The molecule has 2 nitrogen and oxygen atoms in total. The van der Waals surface area contributed by atoms with Gasteiger partial charge in [-0.3, -0.25) is 0 Å². The van der Waals surface area contributed by atoms with Crippen LogP contribution in [0.4, 0.5) is 0 Å². The summed E-state index contributed by atoms with van der Waals surface area (Å²) in [6, 6.07) is 22.1. The molecular weight excluding hydrogens is 374 g/mol. The summed E-state index contributed by atoms with van der Waals surface area (Å²) in [5.41, 5.74) is 2.36. The van der Waals surface area contributed by atoms with E-state index in [4.69, 9.17) is 4.74 Å². The van der Waals surface area contributed by atoms with Crippen molar-refractivity contribution in [2.45, 2.75) is 0 Å². The third kappa shape index (κ3) is 3.81. The first-order valence-corrected chi connectivity index (χ1v) is 8.65. The number of ether oxygens (including phenoxy) is 1. The Morgan fingerprint density at radius 3 is 2.72 bits per heavy atom. The van der Waals surface area contributed by atoms with E-state index >= 15 is 0 Å². The second-order valence-corrected chi connectivity index (χ2v) is 6.39. The van der Waals surface area contributed by atoms with Crippen molar-refractivity contribution >= 4 is 38.4 Å². The molecule has 3 aromatic carbocycles. The van der Waals surface area contributed by atoms with Crippen molar-refractivity contribution in [3.05, 3.63) is 88.9 Å². The quantitative estimate of drug-likeness (QED) is 0.294. The van der Waals surface area contributed by atoms with Gasteiger partial charge in [-0.25, -0.2) is 0 Å². The average Bonchev–Trinajstić information content (AvgIpc) is 2.65. The number of benzene rings is 3. The lowest BCUT2D eigenvalue weighted by Crippen LogP contribution is -1.95. The van der Waals surface area contributed by atoms with Gasteiger partial charge < -0.3 is 4.74 Å². The molecular formula is C22H16BrNO. The maximum absolute atomic E-state index is 9.75. The van der Waals surface area contributed by atoms with Gasteiger partial charge in [-0.2, -0.15) is 5.26 Å². The van der Waals surface area contributed by atoms with E-state index in [0.29, 0.717) is 12.2 Å². The Kier molecular flexibility index (Phi) is 5.33. The first-order chi connectivity index (χ1) is 12.2. The summed E-state index contributed by atoms with van der Waals surface area (Å²) in [4.78, 5) is 0. The molecule has 0 spiro atoms. The Morgan fingerprint density at radius 2 is 1.92 bits per heavy atom. The third-order valence-electron chi connectivity index (χ3n) is 3.83. The number of rotatable bonds is 5. The number of allylic oxidation sites excluding steroid dienone is 1. The highest BCUT2D eigenvalue weighted by molar-refractivity contribution is 9.10. The maximum atomic E-state index is 9.75. The molecule has 0 radical (unpaired) electrons. The molecule has 0 aromatic heterocycles. The molecule has 0 saturated carbocycles. The largest absolute Gasteiger partial charge is 0.489 e. The lowest BCUT2D eigenvalue weighted by molar-refractivity contribution is 0.362. The standard InChI is InChI=1S/C22H16BrNO/c1-2-12-25-22-11-10-19(23)14-17(22)13-18(15-24)21-9-5-7-16-6-3-4-8-20(16)21/h2-11,13-14H,1,12H2/b18-13-. The van der Waals surface area contributed by atoms with Crippen LogP contribution in [0, 0.1) is 11.3 Å². The molecule has 0 fully saturated rings. The van der Waals surface area contributed by atoms with Crippen molar-refractivity contribution in [3.63, 3.8) is 0 Å². The van der Waals surface area contributed by atoms with Gasteiger partial charge in [0.15, 0.2) is 0 Å². The Hall–Kier alpha value is -2.83. The molecule has 0 unspecified atom stereocenters. The van der Waals surface area contributed by atoms with Gasteiger partial charge in [-0.05, 0) is 35.0 Å². The van der Waals surface area contributed by atoms with E-state index < -0.39 is 0 Å². The van der Waals surface area contributed by atoms with Crippen molar-refractivity contribution in [2.75, 3.05) is 6.61 Å². The minimum absolute atomic E-state index is 0.415. The minimum Gasteiger partial charge on any atom is -0.489 e. The predicted molar refractivity (Wildman–Crippen MR) is 107 cm³/mol. The minimum atomic E-state index is 0.415. The summed E-state index contributed by atoms with van der Waals surface area (Å²) in [7, 11) is 0. The van der Waals surface area contributed by atoms with Crippen molar-refractivity contribution in [1.82, 2.24) is 0 Å². The molecule has 25 heavy (non-hydrogen) atoms. The van der Waals surface area contributed by atoms with Gasteiger partial charge >= 0.3 is 0 Å². The van der Waals surface area contributed by atoms with E-state index in [2.05, 4.69) is 28.6 Å². The first kappa shape index (κ1) is 17.0. The molecule has 0 amide bonds. The van der Waals surface area contributed by atoms with Gasteiger partial charge in [0, 0.05) is 15.6 Å². The van der Waals surface area contributed by atoms with Crippen LogP contribution >= 0.6 is 15.9 Å². The highest BCUT2D eigenvalue weighted by Gasteiger charge is 2.09. The molecule has 0 aliphatic rings. The number of hydrogen-bond donors (Lipinski definition) is 0. The fraction of sp³-hybridized carbons (Fsp3) is 0.0455. The van der Waals surface area contributed by atoms with Crippen LogP contribution < -0.4 is 4.74 Å². The molecule has 3 aromatic rings. The lowest BCUT2D eigenvalue weighted by Gasteiger charge is -2.10. The average molecular weight is 390 g/mol. The van der Waals surface area contributed by atoms with Crippen molar-refractivity contribution in [3.8, 4) is 11.8 Å². The zero-order chi connectivity index (χ0) is 17.6.